The number of aliphatic carboxylic acids is 1. The van der Waals surface area contributed by atoms with Gasteiger partial charge in [0.25, 0.3) is 0 Å². The zero-order valence-corrected chi connectivity index (χ0v) is 10.1. The first kappa shape index (κ1) is 13.9. The van der Waals surface area contributed by atoms with Gasteiger partial charge in [0.15, 0.2) is 0 Å². The van der Waals surface area contributed by atoms with E-state index in [1.807, 2.05) is 19.0 Å². The van der Waals surface area contributed by atoms with E-state index in [0.29, 0.717) is 6.54 Å². The summed E-state index contributed by atoms with van der Waals surface area (Å²) in [6.45, 7) is 4.09. The van der Waals surface area contributed by atoms with Gasteiger partial charge in [0.2, 0.25) is 5.91 Å². The summed E-state index contributed by atoms with van der Waals surface area (Å²) in [4.78, 5) is 26.0. The second kappa shape index (κ2) is 5.11. The van der Waals surface area contributed by atoms with Crippen molar-refractivity contribution < 1.29 is 14.7 Å². The third kappa shape index (κ3) is 3.87. The number of likely N-dealkylation sites (N-methyl/N-ethyl adjacent to an activating group) is 2. The molecule has 0 fully saturated rings. The molecule has 0 rings (SSSR count). The largest absolute Gasteiger partial charge is 0.480 e. The monoisotopic (exact) mass is 216 g/mol. The zero-order chi connectivity index (χ0) is 12.2. The van der Waals surface area contributed by atoms with Gasteiger partial charge in [0.1, 0.15) is 5.41 Å². The first-order chi connectivity index (χ1) is 6.69. The number of carboxylic acids is 1. The first-order valence-corrected chi connectivity index (χ1v) is 4.83. The number of hydrogen-bond acceptors (Lipinski definition) is 3. The average molecular weight is 216 g/mol. The molecule has 0 saturated carbocycles. The van der Waals surface area contributed by atoms with Crippen LogP contribution in [0, 0.1) is 5.41 Å². The maximum Gasteiger partial charge on any atom is 0.318 e. The summed E-state index contributed by atoms with van der Waals surface area (Å²) in [5, 5.41) is 8.88. The lowest BCUT2D eigenvalue weighted by Gasteiger charge is -2.26. The van der Waals surface area contributed by atoms with E-state index in [4.69, 9.17) is 5.11 Å². The first-order valence-electron chi connectivity index (χ1n) is 4.83. The molecule has 0 aromatic carbocycles. The highest BCUT2D eigenvalue weighted by Crippen LogP contribution is 2.18. The highest BCUT2D eigenvalue weighted by molar-refractivity contribution is 6.00. The maximum absolute atomic E-state index is 11.7. The van der Waals surface area contributed by atoms with Gasteiger partial charge in [-0.15, -0.1) is 0 Å². The Morgan fingerprint density at radius 1 is 1.13 bits per heavy atom. The van der Waals surface area contributed by atoms with Gasteiger partial charge in [-0.1, -0.05) is 0 Å². The molecule has 0 unspecified atom stereocenters. The molecule has 1 N–H and O–H groups in total. The van der Waals surface area contributed by atoms with Crippen LogP contribution >= 0.6 is 0 Å². The van der Waals surface area contributed by atoms with Crippen LogP contribution in [0.15, 0.2) is 0 Å². The smallest absolute Gasteiger partial charge is 0.318 e. The van der Waals surface area contributed by atoms with E-state index in [0.717, 1.165) is 6.54 Å². The summed E-state index contributed by atoms with van der Waals surface area (Å²) in [5.74, 6) is -1.46. The Balaban J connectivity index is 4.38. The van der Waals surface area contributed by atoms with Crippen molar-refractivity contribution in [3.63, 3.8) is 0 Å². The minimum Gasteiger partial charge on any atom is -0.480 e. The van der Waals surface area contributed by atoms with E-state index >= 15 is 0 Å². The highest BCUT2D eigenvalue weighted by Gasteiger charge is 2.37. The second-order valence-electron chi connectivity index (χ2n) is 4.46. The molecule has 0 aromatic heterocycles. The summed E-state index contributed by atoms with van der Waals surface area (Å²) in [6, 6.07) is 0. The average Bonchev–Trinajstić information content (AvgIpc) is 2.12. The van der Waals surface area contributed by atoms with E-state index in [2.05, 4.69) is 0 Å². The van der Waals surface area contributed by atoms with Crippen molar-refractivity contribution in [2.75, 3.05) is 34.2 Å². The lowest BCUT2D eigenvalue weighted by Crippen LogP contribution is -2.45. The van der Waals surface area contributed by atoms with Gasteiger partial charge in [-0.25, -0.2) is 0 Å². The normalized spacial score (nSPS) is 11.6. The predicted octanol–water partition coefficient (Wildman–Crippen LogP) is 0.117. The van der Waals surface area contributed by atoms with Crippen molar-refractivity contribution in [3.05, 3.63) is 0 Å². The van der Waals surface area contributed by atoms with E-state index < -0.39 is 11.4 Å². The molecular formula is C10H20N2O3. The predicted molar refractivity (Wildman–Crippen MR) is 57.6 cm³/mol. The molecule has 88 valence electrons. The number of hydrogen-bond donors (Lipinski definition) is 1. The van der Waals surface area contributed by atoms with E-state index in [1.165, 1.54) is 18.7 Å². The minimum atomic E-state index is -1.35. The highest BCUT2D eigenvalue weighted by atomic mass is 16.4. The van der Waals surface area contributed by atoms with Gasteiger partial charge in [0.05, 0.1) is 0 Å². The number of carbonyl (C=O) groups is 2. The zero-order valence-electron chi connectivity index (χ0n) is 10.1. The van der Waals surface area contributed by atoms with Gasteiger partial charge in [-0.2, -0.15) is 0 Å². The number of carbonyl (C=O) groups excluding carboxylic acids is 1. The number of amides is 1. The van der Waals surface area contributed by atoms with Crippen molar-refractivity contribution >= 4 is 11.9 Å². The summed E-state index contributed by atoms with van der Waals surface area (Å²) in [5.41, 5.74) is -1.35. The van der Waals surface area contributed by atoms with Crippen LogP contribution in [0.2, 0.25) is 0 Å². The van der Waals surface area contributed by atoms with E-state index in [-0.39, 0.29) is 5.91 Å². The van der Waals surface area contributed by atoms with Crippen LogP contribution in [-0.2, 0) is 9.59 Å². The molecule has 0 spiro atoms. The van der Waals surface area contributed by atoms with Crippen molar-refractivity contribution in [3.8, 4) is 0 Å². The SMILES string of the molecule is CN(C)CCN(C)C(=O)C(C)(C)C(=O)O. The van der Waals surface area contributed by atoms with Crippen LogP contribution in [0.1, 0.15) is 13.8 Å². The third-order valence-electron chi connectivity index (χ3n) is 2.30. The molecule has 0 aliphatic carbocycles. The quantitative estimate of drug-likeness (QED) is 0.663. The number of rotatable bonds is 5. The molecule has 5 nitrogen and oxygen atoms in total. The molecule has 0 aliphatic heterocycles. The molecule has 0 bridgehead atoms. The summed E-state index contributed by atoms with van der Waals surface area (Å²) in [6.07, 6.45) is 0. The van der Waals surface area contributed by atoms with Crippen molar-refractivity contribution in [2.24, 2.45) is 5.41 Å². The van der Waals surface area contributed by atoms with E-state index in [1.54, 1.807) is 7.05 Å². The van der Waals surface area contributed by atoms with Gasteiger partial charge < -0.3 is 14.9 Å². The molecule has 5 heteroatoms. The van der Waals surface area contributed by atoms with Crippen LogP contribution in [0.5, 0.6) is 0 Å². The molecule has 0 atom stereocenters. The van der Waals surface area contributed by atoms with Crippen LogP contribution in [-0.4, -0.2) is 61.0 Å². The topological polar surface area (TPSA) is 60.9 Å². The molecule has 15 heavy (non-hydrogen) atoms. The summed E-state index contributed by atoms with van der Waals surface area (Å²) >= 11 is 0. The van der Waals surface area contributed by atoms with Gasteiger partial charge in [-0.3, -0.25) is 9.59 Å². The molecular weight excluding hydrogens is 196 g/mol. The number of nitrogens with zero attached hydrogens (tertiary/aromatic N) is 2. The summed E-state index contributed by atoms with van der Waals surface area (Å²) < 4.78 is 0. The molecule has 0 saturated heterocycles. The second-order valence-corrected chi connectivity index (χ2v) is 4.46. The third-order valence-corrected chi connectivity index (χ3v) is 2.30. The summed E-state index contributed by atoms with van der Waals surface area (Å²) in [7, 11) is 5.43. The molecule has 0 aliphatic rings. The Bertz CT molecular complexity index is 249. The Morgan fingerprint density at radius 3 is 1.93 bits per heavy atom. The fourth-order valence-corrected chi connectivity index (χ4v) is 1.02. The molecule has 0 heterocycles. The standard InChI is InChI=1S/C10H20N2O3/c1-10(2,9(14)15)8(13)12(5)7-6-11(3)4/h6-7H2,1-5H3,(H,14,15). The van der Waals surface area contributed by atoms with Crippen LogP contribution < -0.4 is 0 Å². The van der Waals surface area contributed by atoms with Crippen molar-refractivity contribution in [1.29, 1.82) is 0 Å². The van der Waals surface area contributed by atoms with Crippen LogP contribution in [0.3, 0.4) is 0 Å². The Kier molecular flexibility index (Phi) is 4.74. The minimum absolute atomic E-state index is 0.364. The Hall–Kier alpha value is -1.10. The van der Waals surface area contributed by atoms with Crippen LogP contribution in [0.4, 0.5) is 0 Å². The van der Waals surface area contributed by atoms with Gasteiger partial charge in [0, 0.05) is 20.1 Å². The van der Waals surface area contributed by atoms with E-state index in [9.17, 15) is 9.59 Å². The lowest BCUT2D eigenvalue weighted by atomic mass is 9.92. The molecule has 0 radical (unpaired) electrons. The molecule has 0 aromatic rings. The fourth-order valence-electron chi connectivity index (χ4n) is 1.02. The van der Waals surface area contributed by atoms with Crippen LogP contribution in [0.25, 0.3) is 0 Å². The van der Waals surface area contributed by atoms with Crippen molar-refractivity contribution in [1.82, 2.24) is 9.80 Å². The Morgan fingerprint density at radius 2 is 1.60 bits per heavy atom. The lowest BCUT2D eigenvalue weighted by molar-refractivity contribution is -0.157. The fraction of sp³-hybridized carbons (Fsp3) is 0.800. The molecule has 1 amide bonds. The number of carboxylic acid groups (broad SMARTS) is 1. The van der Waals surface area contributed by atoms with Gasteiger partial charge >= 0.3 is 5.97 Å². The van der Waals surface area contributed by atoms with Crippen molar-refractivity contribution in [2.45, 2.75) is 13.8 Å². The van der Waals surface area contributed by atoms with Gasteiger partial charge in [-0.05, 0) is 27.9 Å². The maximum atomic E-state index is 11.7. The Labute approximate surface area is 90.7 Å².